The molecule has 0 bridgehead atoms. The number of ketones is 2. The second kappa shape index (κ2) is 14.3. The van der Waals surface area contributed by atoms with Gasteiger partial charge in [-0.25, -0.2) is 0 Å². The summed E-state index contributed by atoms with van der Waals surface area (Å²) in [4.78, 5) is 48.2. The molecule has 36 heavy (non-hydrogen) atoms. The lowest BCUT2D eigenvalue weighted by Crippen LogP contribution is -2.32. The fourth-order valence-corrected chi connectivity index (χ4v) is 6.20. The zero-order valence-corrected chi connectivity index (χ0v) is 23.2. The van der Waals surface area contributed by atoms with Crippen molar-refractivity contribution in [2.24, 2.45) is 29.1 Å². The molecule has 0 amide bonds. The summed E-state index contributed by atoms with van der Waals surface area (Å²) in [6, 6.07) is 0. The van der Waals surface area contributed by atoms with Crippen LogP contribution in [0.15, 0.2) is 0 Å². The Labute approximate surface area is 218 Å². The van der Waals surface area contributed by atoms with Crippen molar-refractivity contribution in [1.29, 1.82) is 0 Å². The third-order valence-electron chi connectivity index (χ3n) is 8.82. The fourth-order valence-electron chi connectivity index (χ4n) is 6.20. The zero-order valence-electron chi connectivity index (χ0n) is 23.2. The van der Waals surface area contributed by atoms with Crippen molar-refractivity contribution >= 4 is 24.0 Å². The Morgan fingerprint density at radius 2 is 1.19 bits per heavy atom. The van der Waals surface area contributed by atoms with E-state index in [1.54, 1.807) is 13.8 Å². The molecule has 0 spiro atoms. The predicted octanol–water partition coefficient (Wildman–Crippen LogP) is 6.92. The highest BCUT2D eigenvalue weighted by Gasteiger charge is 2.35. The van der Waals surface area contributed by atoms with E-state index in [-0.39, 0.29) is 23.7 Å². The molecular weight excluding hydrogens is 456 g/mol. The average molecular weight is 507 g/mol. The van der Waals surface area contributed by atoms with Crippen LogP contribution in [0.3, 0.4) is 0 Å². The molecule has 2 aliphatic rings. The minimum atomic E-state index is -0.760. The molecule has 0 saturated heterocycles. The summed E-state index contributed by atoms with van der Waals surface area (Å²) in [5.74, 6) is 0.480. The minimum Gasteiger partial charge on any atom is -0.481 e. The monoisotopic (exact) mass is 506 g/mol. The summed E-state index contributed by atoms with van der Waals surface area (Å²) in [5.41, 5.74) is -1.15. The Morgan fingerprint density at radius 1 is 0.778 bits per heavy atom. The molecule has 6 heteroatoms. The lowest BCUT2D eigenvalue weighted by atomic mass is 9.72. The summed E-state index contributed by atoms with van der Waals surface area (Å²) in [6.07, 6.45) is 14.6. The molecule has 0 heterocycles. The van der Waals surface area contributed by atoms with Crippen LogP contribution in [0.25, 0.3) is 0 Å². The second-order valence-electron chi connectivity index (χ2n) is 12.7. The van der Waals surface area contributed by atoms with Crippen LogP contribution in [0.5, 0.6) is 0 Å². The van der Waals surface area contributed by atoms with Crippen LogP contribution in [0.4, 0.5) is 0 Å². The van der Waals surface area contributed by atoms with E-state index in [0.717, 1.165) is 96.3 Å². The number of carbonyl (C=O) groups is 4. The molecule has 2 saturated carbocycles. The topological polar surface area (TPSA) is 97.7 Å². The van der Waals surface area contributed by atoms with Crippen LogP contribution in [0.1, 0.15) is 130 Å². The smallest absolute Gasteiger partial charge is 0.309 e. The fraction of sp³-hybridized carbons (Fsp3) is 0.867. The number of hydrogen-bond donors (Lipinski definition) is 1. The van der Waals surface area contributed by atoms with Crippen molar-refractivity contribution in [1.82, 2.24) is 0 Å². The number of carbonyl (C=O) groups excluding carboxylic acids is 3. The molecule has 2 rings (SSSR count). The average Bonchev–Trinajstić information content (AvgIpc) is 2.81. The Bertz CT molecular complexity index is 740. The van der Waals surface area contributed by atoms with Gasteiger partial charge in [0.15, 0.2) is 0 Å². The first kappa shape index (κ1) is 30.5. The number of rotatable bonds is 16. The van der Waals surface area contributed by atoms with Crippen molar-refractivity contribution in [3.05, 3.63) is 0 Å². The van der Waals surface area contributed by atoms with E-state index in [0.29, 0.717) is 24.5 Å². The van der Waals surface area contributed by atoms with Gasteiger partial charge in [-0.05, 0) is 98.3 Å². The van der Waals surface area contributed by atoms with Gasteiger partial charge < -0.3 is 9.84 Å². The Kier molecular flexibility index (Phi) is 12.1. The molecule has 2 fully saturated rings. The molecule has 0 aliphatic heterocycles. The Balaban J connectivity index is 1.73. The van der Waals surface area contributed by atoms with E-state index in [9.17, 15) is 24.3 Å². The summed E-state index contributed by atoms with van der Waals surface area (Å²) in [5, 5.41) is 9.28. The van der Waals surface area contributed by atoms with Gasteiger partial charge in [-0.2, -0.15) is 0 Å². The first-order chi connectivity index (χ1) is 17.0. The lowest BCUT2D eigenvalue weighted by Gasteiger charge is -2.31. The van der Waals surface area contributed by atoms with Crippen LogP contribution in [0.2, 0.25) is 0 Å². The van der Waals surface area contributed by atoms with Crippen molar-refractivity contribution in [2.75, 3.05) is 0 Å². The van der Waals surface area contributed by atoms with Gasteiger partial charge in [0.25, 0.3) is 6.47 Å². The largest absolute Gasteiger partial charge is 0.481 e. The molecule has 4 unspecified atom stereocenters. The maximum atomic E-state index is 13.1. The van der Waals surface area contributed by atoms with Crippen LogP contribution < -0.4 is 0 Å². The maximum Gasteiger partial charge on any atom is 0.309 e. The number of aliphatic carboxylic acids is 1. The van der Waals surface area contributed by atoms with Gasteiger partial charge in [-0.3, -0.25) is 19.2 Å². The minimum absolute atomic E-state index is 0.0902. The van der Waals surface area contributed by atoms with E-state index in [2.05, 4.69) is 0 Å². The molecule has 0 aromatic heterocycles. The van der Waals surface area contributed by atoms with Crippen LogP contribution in [0, 0.1) is 29.1 Å². The highest BCUT2D eigenvalue weighted by Crippen LogP contribution is 2.37. The summed E-state index contributed by atoms with van der Waals surface area (Å²) in [7, 11) is 0. The highest BCUT2D eigenvalue weighted by molar-refractivity contribution is 5.85. The van der Waals surface area contributed by atoms with Gasteiger partial charge in [-0.15, -0.1) is 0 Å². The Hall–Kier alpha value is -1.72. The van der Waals surface area contributed by atoms with E-state index in [1.165, 1.54) is 0 Å². The van der Waals surface area contributed by atoms with Gasteiger partial charge >= 0.3 is 5.97 Å². The highest BCUT2D eigenvalue weighted by atomic mass is 16.5. The molecule has 6 nitrogen and oxygen atoms in total. The third kappa shape index (κ3) is 9.63. The van der Waals surface area contributed by atoms with Crippen molar-refractivity contribution < 1.29 is 29.0 Å². The standard InChI is InChI=1S/C30H50O6/c1-29(2,28(34)35)19-7-5-11-22-13-9-15-24(26(22)32)17-18-25-16-10-14-23(27(25)33)12-6-8-20-30(3,4)36-21-31/h21-25H,5-20H2,1-4H3,(H,34,35). The van der Waals surface area contributed by atoms with E-state index in [4.69, 9.17) is 4.74 Å². The summed E-state index contributed by atoms with van der Waals surface area (Å²) < 4.78 is 5.12. The number of carboxylic acids is 1. The molecule has 2 aliphatic carbocycles. The number of Topliss-reactive ketones (excluding diaryl/α,β-unsaturated/α-hetero) is 2. The van der Waals surface area contributed by atoms with Gasteiger partial charge in [0.1, 0.15) is 17.2 Å². The number of unbranched alkanes of at least 4 members (excludes halogenated alkanes) is 2. The molecule has 1 N–H and O–H groups in total. The van der Waals surface area contributed by atoms with Crippen LogP contribution >= 0.6 is 0 Å². The first-order valence-corrected chi connectivity index (χ1v) is 14.4. The van der Waals surface area contributed by atoms with Crippen molar-refractivity contribution in [3.63, 3.8) is 0 Å². The number of ether oxygens (including phenoxy) is 1. The third-order valence-corrected chi connectivity index (χ3v) is 8.82. The molecule has 0 aromatic rings. The number of hydrogen-bond acceptors (Lipinski definition) is 5. The van der Waals surface area contributed by atoms with Gasteiger partial charge in [0.2, 0.25) is 0 Å². The molecule has 0 radical (unpaired) electrons. The van der Waals surface area contributed by atoms with E-state index in [1.807, 2.05) is 13.8 Å². The quantitative estimate of drug-likeness (QED) is 0.180. The molecule has 206 valence electrons. The SMILES string of the molecule is CC(C)(CCCCC1CCCC(CCC2CCCC(CCCCC(C)(C)C(=O)O)C2=O)C1=O)OC=O. The van der Waals surface area contributed by atoms with Crippen molar-refractivity contribution in [3.8, 4) is 0 Å². The predicted molar refractivity (Wildman–Crippen MR) is 140 cm³/mol. The molecular formula is C30H50O6. The summed E-state index contributed by atoms with van der Waals surface area (Å²) in [6.45, 7) is 7.87. The first-order valence-electron chi connectivity index (χ1n) is 14.4. The maximum absolute atomic E-state index is 13.1. The van der Waals surface area contributed by atoms with E-state index >= 15 is 0 Å². The lowest BCUT2D eigenvalue weighted by molar-refractivity contribution is -0.147. The van der Waals surface area contributed by atoms with Crippen molar-refractivity contribution in [2.45, 2.75) is 136 Å². The van der Waals surface area contributed by atoms with Gasteiger partial charge in [-0.1, -0.05) is 32.1 Å². The zero-order chi connectivity index (χ0) is 26.8. The van der Waals surface area contributed by atoms with Gasteiger partial charge in [0, 0.05) is 23.7 Å². The van der Waals surface area contributed by atoms with Crippen LogP contribution in [-0.2, 0) is 23.9 Å². The molecule has 0 aromatic carbocycles. The van der Waals surface area contributed by atoms with Crippen LogP contribution in [-0.4, -0.2) is 34.7 Å². The number of carboxylic acid groups (broad SMARTS) is 1. The van der Waals surface area contributed by atoms with E-state index < -0.39 is 17.0 Å². The second-order valence-corrected chi connectivity index (χ2v) is 12.7. The molecule has 4 atom stereocenters. The normalized spacial score (nSPS) is 25.6. The Morgan fingerprint density at radius 3 is 1.61 bits per heavy atom. The van der Waals surface area contributed by atoms with Gasteiger partial charge in [0.05, 0.1) is 5.41 Å². The summed E-state index contributed by atoms with van der Waals surface area (Å²) >= 11 is 0.